The van der Waals surface area contributed by atoms with Crippen LogP contribution >= 0.6 is 0 Å². The average molecular weight is 500 g/mol. The summed E-state index contributed by atoms with van der Waals surface area (Å²) >= 11 is 0. The maximum absolute atomic E-state index is 13.2. The summed E-state index contributed by atoms with van der Waals surface area (Å²) in [6.45, 7) is 12.4. The molecule has 0 aliphatic heterocycles. The van der Waals surface area contributed by atoms with Gasteiger partial charge in [-0.05, 0) is 18.3 Å². The maximum atomic E-state index is 13.2. The second-order valence-electron chi connectivity index (χ2n) is 10.1. The topological polar surface area (TPSA) is 192 Å². The Morgan fingerprint density at radius 1 is 1.06 bits per heavy atom. The number of guanidine groups is 1. The summed E-state index contributed by atoms with van der Waals surface area (Å²) in [7, 11) is 0. The van der Waals surface area contributed by atoms with Gasteiger partial charge in [-0.3, -0.25) is 14.4 Å². The highest BCUT2D eigenvalue weighted by Crippen LogP contribution is 2.40. The highest BCUT2D eigenvalue weighted by Gasteiger charge is 2.52. The molecule has 1 saturated carbocycles. The lowest BCUT2D eigenvalue weighted by atomic mass is 9.80. The molecule has 0 saturated heterocycles. The monoisotopic (exact) mass is 499 g/mol. The minimum absolute atomic E-state index is 0.0342. The number of esters is 2. The van der Waals surface area contributed by atoms with Gasteiger partial charge in [-0.25, -0.2) is 4.99 Å². The van der Waals surface area contributed by atoms with Gasteiger partial charge < -0.3 is 37.1 Å². The lowest BCUT2D eigenvalue weighted by Gasteiger charge is -2.35. The van der Waals surface area contributed by atoms with Crippen molar-refractivity contribution >= 4 is 23.8 Å². The Bertz CT molecular complexity index is 751. The van der Waals surface area contributed by atoms with Crippen molar-refractivity contribution in [2.45, 2.75) is 98.2 Å². The first-order valence-electron chi connectivity index (χ1n) is 12.4. The average Bonchev–Trinajstić information content (AvgIpc) is 3.07. The number of aliphatic hydroxyl groups is 1. The van der Waals surface area contributed by atoms with E-state index in [4.69, 9.17) is 26.7 Å². The van der Waals surface area contributed by atoms with Crippen LogP contribution in [0.3, 0.4) is 0 Å². The number of nitrogens with zero attached hydrogens (tertiary/aromatic N) is 1. The normalized spacial score (nSPS) is 24.7. The molecule has 1 amide bonds. The van der Waals surface area contributed by atoms with Crippen molar-refractivity contribution in [3.05, 3.63) is 0 Å². The van der Waals surface area contributed by atoms with E-state index in [2.05, 4.69) is 10.3 Å². The fourth-order valence-corrected chi connectivity index (χ4v) is 4.59. The fraction of sp³-hybridized carbons (Fsp3) is 0.833. The van der Waals surface area contributed by atoms with Crippen LogP contribution in [0.25, 0.3) is 0 Å². The van der Waals surface area contributed by atoms with Crippen LogP contribution in [0.4, 0.5) is 0 Å². The maximum Gasteiger partial charge on any atom is 0.326 e. The zero-order valence-electron chi connectivity index (χ0n) is 22.1. The Kier molecular flexibility index (Phi) is 11.9. The van der Waals surface area contributed by atoms with E-state index in [1.165, 1.54) is 6.92 Å². The van der Waals surface area contributed by atoms with Crippen LogP contribution in [0.1, 0.15) is 67.7 Å². The van der Waals surface area contributed by atoms with Gasteiger partial charge in [0.15, 0.2) is 5.96 Å². The van der Waals surface area contributed by atoms with Crippen LogP contribution < -0.4 is 22.5 Å². The van der Waals surface area contributed by atoms with Crippen molar-refractivity contribution in [3.8, 4) is 0 Å². The van der Waals surface area contributed by atoms with Crippen LogP contribution in [0, 0.1) is 29.6 Å². The van der Waals surface area contributed by atoms with Gasteiger partial charge in [0.05, 0.1) is 18.1 Å². The van der Waals surface area contributed by atoms with E-state index in [0.717, 1.165) is 12.8 Å². The standard InChI is InChI=1S/C24H45N5O6/c1-8-14(9-2)19(28-13(7)30)17-16(29-24(26)27)10-15(20(17)31)21(32)34-23(12(5)6)35-22(33)18(25)11(3)4/h11-12,14-20,23,31H,8-10,25H2,1-7H3,(H,28,30)(H4,26,27,29)/t15-,16?,17+,18+,19-,20+,23?/m0/s1. The third-order valence-corrected chi connectivity index (χ3v) is 6.70. The quantitative estimate of drug-likeness (QED) is 0.111. The molecule has 202 valence electrons. The highest BCUT2D eigenvalue weighted by molar-refractivity contribution is 5.78. The second-order valence-corrected chi connectivity index (χ2v) is 10.1. The van der Waals surface area contributed by atoms with Gasteiger partial charge in [0, 0.05) is 24.8 Å². The van der Waals surface area contributed by atoms with Gasteiger partial charge in [0.2, 0.25) is 12.2 Å². The van der Waals surface area contributed by atoms with Crippen LogP contribution in [0.5, 0.6) is 0 Å². The molecule has 2 unspecified atom stereocenters. The summed E-state index contributed by atoms with van der Waals surface area (Å²) in [5.74, 6) is -3.88. The number of carbonyl (C=O) groups is 3. The van der Waals surface area contributed by atoms with Gasteiger partial charge in [-0.1, -0.05) is 54.4 Å². The lowest BCUT2D eigenvalue weighted by Crippen LogP contribution is -2.51. The molecule has 0 aromatic heterocycles. The number of hydrogen-bond acceptors (Lipinski definition) is 8. The molecular weight excluding hydrogens is 454 g/mol. The highest BCUT2D eigenvalue weighted by atomic mass is 16.7. The Balaban J connectivity index is 3.21. The predicted octanol–water partition coefficient (Wildman–Crippen LogP) is 0.618. The summed E-state index contributed by atoms with van der Waals surface area (Å²) in [6.07, 6.45) is -0.749. The number of nitrogens with two attached hydrogens (primary N) is 3. The predicted molar refractivity (Wildman–Crippen MR) is 133 cm³/mol. The van der Waals surface area contributed by atoms with Crippen LogP contribution in [-0.2, 0) is 23.9 Å². The molecule has 8 N–H and O–H groups in total. The van der Waals surface area contributed by atoms with Gasteiger partial charge in [0.1, 0.15) is 6.04 Å². The van der Waals surface area contributed by atoms with E-state index in [1.54, 1.807) is 27.7 Å². The Morgan fingerprint density at radius 2 is 1.63 bits per heavy atom. The molecule has 11 heteroatoms. The van der Waals surface area contributed by atoms with Crippen molar-refractivity contribution in [1.29, 1.82) is 0 Å². The molecule has 11 nitrogen and oxygen atoms in total. The number of aliphatic imine (C=N–C) groups is 1. The molecule has 0 aromatic carbocycles. The lowest BCUT2D eigenvalue weighted by molar-refractivity contribution is -0.201. The van der Waals surface area contributed by atoms with Crippen LogP contribution in [0.15, 0.2) is 4.99 Å². The number of carbonyl (C=O) groups excluding carboxylic acids is 3. The van der Waals surface area contributed by atoms with Crippen molar-refractivity contribution in [2.75, 3.05) is 0 Å². The largest absolute Gasteiger partial charge is 0.425 e. The minimum atomic E-state index is -1.19. The molecule has 0 heterocycles. The first kappa shape index (κ1) is 30.6. The summed E-state index contributed by atoms with van der Waals surface area (Å²) in [4.78, 5) is 41.8. The van der Waals surface area contributed by atoms with Crippen LogP contribution in [0.2, 0.25) is 0 Å². The summed E-state index contributed by atoms with van der Waals surface area (Å²) in [5.41, 5.74) is 17.2. The molecule has 7 atom stereocenters. The van der Waals surface area contributed by atoms with E-state index in [9.17, 15) is 19.5 Å². The first-order chi connectivity index (χ1) is 16.2. The van der Waals surface area contributed by atoms with Crippen molar-refractivity contribution in [2.24, 2.45) is 51.8 Å². The zero-order valence-corrected chi connectivity index (χ0v) is 22.1. The number of hydrogen-bond donors (Lipinski definition) is 5. The third kappa shape index (κ3) is 8.34. The van der Waals surface area contributed by atoms with Crippen LogP contribution in [-0.4, -0.2) is 59.4 Å². The number of amides is 1. The third-order valence-electron chi connectivity index (χ3n) is 6.70. The van der Waals surface area contributed by atoms with E-state index >= 15 is 0 Å². The number of nitrogens with one attached hydrogen (secondary N) is 1. The second kappa shape index (κ2) is 13.6. The molecule has 1 aliphatic carbocycles. The van der Waals surface area contributed by atoms with E-state index in [-0.39, 0.29) is 36.0 Å². The molecule has 35 heavy (non-hydrogen) atoms. The van der Waals surface area contributed by atoms with Gasteiger partial charge in [0.25, 0.3) is 0 Å². The Morgan fingerprint density at radius 3 is 2.06 bits per heavy atom. The van der Waals surface area contributed by atoms with Gasteiger partial charge in [-0.2, -0.15) is 0 Å². The van der Waals surface area contributed by atoms with E-state index < -0.39 is 54.3 Å². The SMILES string of the molecule is CCC(CC)[C@H](NC(C)=O)[C@H]1C(N=C(N)N)C[C@H](C(=O)OC(OC(=O)[C@H](N)C(C)C)C(C)C)[C@H]1O. The van der Waals surface area contributed by atoms with E-state index in [1.807, 2.05) is 13.8 Å². The number of aliphatic hydroxyl groups excluding tert-OH is 1. The van der Waals surface area contributed by atoms with Crippen molar-refractivity contribution in [1.82, 2.24) is 5.32 Å². The molecule has 1 rings (SSSR count). The molecule has 0 spiro atoms. The molecular formula is C24H45N5O6. The minimum Gasteiger partial charge on any atom is -0.425 e. The first-order valence-corrected chi connectivity index (χ1v) is 12.4. The summed E-state index contributed by atoms with van der Waals surface area (Å²) in [5, 5.41) is 14.2. The Hall–Kier alpha value is -2.40. The summed E-state index contributed by atoms with van der Waals surface area (Å²) in [6, 6.07) is -1.92. The van der Waals surface area contributed by atoms with Gasteiger partial charge in [-0.15, -0.1) is 0 Å². The van der Waals surface area contributed by atoms with Crippen molar-refractivity contribution < 1.29 is 29.0 Å². The molecule has 0 radical (unpaired) electrons. The smallest absolute Gasteiger partial charge is 0.326 e. The zero-order chi connectivity index (χ0) is 27.0. The molecule has 0 bridgehead atoms. The molecule has 0 aromatic rings. The van der Waals surface area contributed by atoms with Gasteiger partial charge >= 0.3 is 11.9 Å². The van der Waals surface area contributed by atoms with E-state index in [0.29, 0.717) is 0 Å². The summed E-state index contributed by atoms with van der Waals surface area (Å²) < 4.78 is 10.9. The number of ether oxygens (including phenoxy) is 2. The number of rotatable bonds is 12. The Labute approximate surface area is 208 Å². The fourth-order valence-electron chi connectivity index (χ4n) is 4.59. The molecule has 1 aliphatic rings. The van der Waals surface area contributed by atoms with Crippen molar-refractivity contribution in [3.63, 3.8) is 0 Å². The molecule has 1 fully saturated rings.